The lowest BCUT2D eigenvalue weighted by atomic mass is 10.2. The molecule has 0 radical (unpaired) electrons. The molecule has 0 fully saturated rings. The fourth-order valence-corrected chi connectivity index (χ4v) is 1.56. The van der Waals surface area contributed by atoms with Crippen molar-refractivity contribution in [2.75, 3.05) is 0 Å². The van der Waals surface area contributed by atoms with Gasteiger partial charge in [-0.25, -0.2) is 0 Å². The summed E-state index contributed by atoms with van der Waals surface area (Å²) in [5, 5.41) is 0. The normalized spacial score (nSPS) is 10.9. The van der Waals surface area contributed by atoms with Gasteiger partial charge in [0.15, 0.2) is 0 Å². The fourth-order valence-electron chi connectivity index (χ4n) is 1.56. The molecule has 0 aliphatic rings. The second-order valence-electron chi connectivity index (χ2n) is 3.14. The van der Waals surface area contributed by atoms with E-state index in [1.54, 1.807) is 0 Å². The van der Waals surface area contributed by atoms with Crippen molar-refractivity contribution < 1.29 is 0 Å². The number of hydrogen-bond acceptors (Lipinski definition) is 1. The third kappa shape index (κ3) is 0.779. The number of hydrogen-bond donors (Lipinski definition) is 0. The van der Waals surface area contributed by atoms with E-state index in [1.807, 2.05) is 12.3 Å². The number of fused-ring (bicyclic) bond motifs is 1. The average Bonchev–Trinajstić information content (AvgIpc) is 2.33. The lowest BCUT2D eigenvalue weighted by Crippen LogP contribution is -1.89. The Kier molecular flexibility index (Phi) is 1.43. The van der Waals surface area contributed by atoms with Crippen LogP contribution in [-0.4, -0.2) is 9.55 Å². The Labute approximate surface area is 71.8 Å². The lowest BCUT2D eigenvalue weighted by Gasteiger charge is -1.96. The van der Waals surface area contributed by atoms with E-state index in [9.17, 15) is 0 Å². The molecule has 2 heteroatoms. The first-order valence-corrected chi connectivity index (χ1v) is 4.08. The molecule has 2 nitrogen and oxygen atoms in total. The summed E-state index contributed by atoms with van der Waals surface area (Å²) < 4.78 is 2.18. The first-order chi connectivity index (χ1) is 5.72. The van der Waals surface area contributed by atoms with Crippen molar-refractivity contribution in [1.82, 2.24) is 9.55 Å². The Hall–Kier alpha value is -1.31. The van der Waals surface area contributed by atoms with Gasteiger partial charge in [0, 0.05) is 18.9 Å². The van der Waals surface area contributed by atoms with E-state index in [-0.39, 0.29) is 0 Å². The first kappa shape index (κ1) is 7.35. The number of rotatable bonds is 0. The molecule has 0 N–H and O–H groups in total. The minimum absolute atomic E-state index is 1.12. The van der Waals surface area contributed by atoms with E-state index in [1.165, 1.54) is 16.8 Å². The van der Waals surface area contributed by atoms with Crippen molar-refractivity contribution in [3.8, 4) is 0 Å². The molecule has 2 heterocycles. The third-order valence-corrected chi connectivity index (χ3v) is 2.55. The van der Waals surface area contributed by atoms with Crippen LogP contribution < -0.4 is 0 Å². The zero-order chi connectivity index (χ0) is 8.72. The summed E-state index contributed by atoms with van der Waals surface area (Å²) in [7, 11) is 2.08. The van der Waals surface area contributed by atoms with Gasteiger partial charge < -0.3 is 4.57 Å². The maximum atomic E-state index is 4.34. The molecule has 0 bridgehead atoms. The van der Waals surface area contributed by atoms with Gasteiger partial charge in [0.05, 0.1) is 11.0 Å². The Balaban J connectivity index is 2.99. The zero-order valence-electron chi connectivity index (χ0n) is 7.63. The van der Waals surface area contributed by atoms with Crippen LogP contribution in [0.2, 0.25) is 0 Å². The third-order valence-electron chi connectivity index (χ3n) is 2.55. The first-order valence-electron chi connectivity index (χ1n) is 4.08. The van der Waals surface area contributed by atoms with Crippen molar-refractivity contribution >= 4 is 11.0 Å². The molecule has 12 heavy (non-hydrogen) atoms. The smallest absolute Gasteiger partial charge is 0.0912 e. The van der Waals surface area contributed by atoms with Gasteiger partial charge in [0.2, 0.25) is 0 Å². The number of aromatic nitrogens is 2. The summed E-state index contributed by atoms with van der Waals surface area (Å²) in [5.74, 6) is 0. The Morgan fingerprint density at radius 2 is 2.08 bits per heavy atom. The van der Waals surface area contributed by atoms with Gasteiger partial charge in [-0.2, -0.15) is 0 Å². The van der Waals surface area contributed by atoms with E-state index in [0.717, 1.165) is 5.52 Å². The van der Waals surface area contributed by atoms with Crippen molar-refractivity contribution in [1.29, 1.82) is 0 Å². The molecule has 2 aromatic heterocycles. The molecule has 0 aromatic carbocycles. The number of pyridine rings is 1. The van der Waals surface area contributed by atoms with Crippen LogP contribution in [0.5, 0.6) is 0 Å². The van der Waals surface area contributed by atoms with Gasteiger partial charge in [-0.3, -0.25) is 4.98 Å². The average molecular weight is 160 g/mol. The van der Waals surface area contributed by atoms with E-state index in [4.69, 9.17) is 0 Å². The van der Waals surface area contributed by atoms with Crippen molar-refractivity contribution in [2.24, 2.45) is 7.05 Å². The van der Waals surface area contributed by atoms with Gasteiger partial charge in [-0.15, -0.1) is 0 Å². The molecule has 0 saturated carbocycles. The summed E-state index contributed by atoms with van der Waals surface area (Å²) in [5.41, 5.74) is 4.92. The minimum Gasteiger partial charge on any atom is -0.346 e. The standard InChI is InChI=1S/C10H12N2/c1-7-8(2)12(3)9-5-4-6-11-10(7)9/h4-6H,1-3H3. The van der Waals surface area contributed by atoms with Gasteiger partial charge in [-0.1, -0.05) is 0 Å². The number of nitrogens with zero attached hydrogens (tertiary/aromatic N) is 2. The Bertz CT molecular complexity index is 388. The van der Waals surface area contributed by atoms with Crippen LogP contribution in [0.15, 0.2) is 18.3 Å². The Morgan fingerprint density at radius 1 is 1.33 bits per heavy atom. The fraction of sp³-hybridized carbons (Fsp3) is 0.300. The van der Waals surface area contributed by atoms with Crippen molar-refractivity contribution in [2.45, 2.75) is 13.8 Å². The molecule has 0 spiro atoms. The maximum absolute atomic E-state index is 4.34. The SMILES string of the molecule is Cc1c(C)n(C)c2cccnc12. The van der Waals surface area contributed by atoms with Gasteiger partial charge in [0.25, 0.3) is 0 Å². The molecule has 62 valence electrons. The van der Waals surface area contributed by atoms with Crippen LogP contribution in [0.1, 0.15) is 11.3 Å². The highest BCUT2D eigenvalue weighted by atomic mass is 15.0. The lowest BCUT2D eigenvalue weighted by molar-refractivity contribution is 0.910. The molecule has 0 aliphatic heterocycles. The van der Waals surface area contributed by atoms with E-state index < -0.39 is 0 Å². The molecule has 2 rings (SSSR count). The number of aryl methyl sites for hydroxylation is 2. The van der Waals surface area contributed by atoms with E-state index >= 15 is 0 Å². The summed E-state index contributed by atoms with van der Waals surface area (Å²) in [4.78, 5) is 4.34. The second kappa shape index (κ2) is 2.34. The summed E-state index contributed by atoms with van der Waals surface area (Å²) in [6.07, 6.45) is 1.84. The quantitative estimate of drug-likeness (QED) is 0.577. The van der Waals surface area contributed by atoms with Crippen LogP contribution >= 0.6 is 0 Å². The predicted molar refractivity (Wildman–Crippen MR) is 50.2 cm³/mol. The molecule has 2 aromatic rings. The zero-order valence-corrected chi connectivity index (χ0v) is 7.63. The van der Waals surface area contributed by atoms with Crippen LogP contribution in [0, 0.1) is 13.8 Å². The van der Waals surface area contributed by atoms with Crippen molar-refractivity contribution in [3.05, 3.63) is 29.6 Å². The van der Waals surface area contributed by atoms with Gasteiger partial charge in [0.1, 0.15) is 0 Å². The topological polar surface area (TPSA) is 17.8 Å². The van der Waals surface area contributed by atoms with Crippen LogP contribution in [-0.2, 0) is 7.05 Å². The molecule has 0 saturated heterocycles. The summed E-state index contributed by atoms with van der Waals surface area (Å²) in [6, 6.07) is 4.07. The molecular weight excluding hydrogens is 148 g/mol. The van der Waals surface area contributed by atoms with Crippen LogP contribution in [0.3, 0.4) is 0 Å². The highest BCUT2D eigenvalue weighted by molar-refractivity contribution is 5.80. The molecule has 0 aliphatic carbocycles. The largest absolute Gasteiger partial charge is 0.346 e. The monoisotopic (exact) mass is 160 g/mol. The molecular formula is C10H12N2. The van der Waals surface area contributed by atoms with Crippen LogP contribution in [0.25, 0.3) is 11.0 Å². The van der Waals surface area contributed by atoms with Crippen molar-refractivity contribution in [3.63, 3.8) is 0 Å². The molecule has 0 atom stereocenters. The summed E-state index contributed by atoms with van der Waals surface area (Å²) >= 11 is 0. The Morgan fingerprint density at radius 3 is 2.75 bits per heavy atom. The van der Waals surface area contributed by atoms with Gasteiger partial charge in [-0.05, 0) is 31.5 Å². The van der Waals surface area contributed by atoms with E-state index in [0.29, 0.717) is 0 Å². The highest BCUT2D eigenvalue weighted by Crippen LogP contribution is 2.20. The maximum Gasteiger partial charge on any atom is 0.0912 e. The molecule has 0 unspecified atom stereocenters. The van der Waals surface area contributed by atoms with Gasteiger partial charge >= 0.3 is 0 Å². The molecule has 0 amide bonds. The van der Waals surface area contributed by atoms with E-state index in [2.05, 4.69) is 36.5 Å². The highest BCUT2D eigenvalue weighted by Gasteiger charge is 2.06. The summed E-state index contributed by atoms with van der Waals surface area (Å²) in [6.45, 7) is 4.24. The predicted octanol–water partition coefficient (Wildman–Crippen LogP) is 2.19. The minimum atomic E-state index is 1.12. The van der Waals surface area contributed by atoms with Crippen LogP contribution in [0.4, 0.5) is 0 Å². The second-order valence-corrected chi connectivity index (χ2v) is 3.14.